The van der Waals surface area contributed by atoms with E-state index in [0.29, 0.717) is 6.04 Å². The van der Waals surface area contributed by atoms with Gasteiger partial charge in [-0.15, -0.1) is 0 Å². The molecule has 0 aliphatic heterocycles. The Morgan fingerprint density at radius 1 is 1.44 bits per heavy atom. The highest BCUT2D eigenvalue weighted by Crippen LogP contribution is 2.30. The van der Waals surface area contributed by atoms with Crippen LogP contribution in [0.3, 0.4) is 0 Å². The Hall–Kier alpha value is -1.56. The molecule has 1 aliphatic carbocycles. The fraction of sp³-hybridized carbons (Fsp3) is 0.538. The second-order valence-corrected chi connectivity index (χ2v) is 4.59. The Bertz CT molecular complexity index is 441. The van der Waals surface area contributed by atoms with E-state index in [9.17, 15) is 5.26 Å². The Kier molecular flexibility index (Phi) is 2.82. The molecule has 1 aromatic rings. The lowest BCUT2D eigenvalue weighted by atomic mass is 9.91. The average molecular weight is 215 g/mol. The number of nitriles is 1. The van der Waals surface area contributed by atoms with Crippen LogP contribution >= 0.6 is 0 Å². The molecule has 84 valence electrons. The molecule has 1 saturated carbocycles. The summed E-state index contributed by atoms with van der Waals surface area (Å²) in [5, 5.41) is 9.19. The van der Waals surface area contributed by atoms with E-state index in [2.05, 4.69) is 16.0 Å². The average Bonchev–Trinajstić information content (AvgIpc) is 2.13. The quantitative estimate of drug-likeness (QED) is 0.761. The third-order valence-corrected chi connectivity index (χ3v) is 3.39. The van der Waals surface area contributed by atoms with Crippen molar-refractivity contribution in [3.05, 3.63) is 22.9 Å². The predicted molar refractivity (Wildman–Crippen MR) is 64.5 cm³/mol. The Labute approximate surface area is 96.7 Å². The van der Waals surface area contributed by atoms with Crippen molar-refractivity contribution in [3.8, 4) is 6.07 Å². The summed E-state index contributed by atoms with van der Waals surface area (Å²) in [5.74, 6) is 0.852. The van der Waals surface area contributed by atoms with Gasteiger partial charge >= 0.3 is 0 Å². The van der Waals surface area contributed by atoms with Gasteiger partial charge < -0.3 is 4.90 Å². The molecule has 1 aromatic heterocycles. The minimum absolute atomic E-state index is 0.570. The van der Waals surface area contributed by atoms with Crippen molar-refractivity contribution in [2.45, 2.75) is 39.2 Å². The van der Waals surface area contributed by atoms with Crippen LogP contribution < -0.4 is 4.90 Å². The largest absolute Gasteiger partial charge is 0.356 e. The lowest BCUT2D eigenvalue weighted by Gasteiger charge is -2.36. The Morgan fingerprint density at radius 3 is 2.62 bits per heavy atom. The summed E-state index contributed by atoms with van der Waals surface area (Å²) in [6.07, 6.45) is 3.73. The maximum Gasteiger partial charge on any atom is 0.147 e. The van der Waals surface area contributed by atoms with Crippen molar-refractivity contribution >= 4 is 5.82 Å². The van der Waals surface area contributed by atoms with Crippen molar-refractivity contribution in [1.29, 1.82) is 5.26 Å². The minimum Gasteiger partial charge on any atom is -0.356 e. The van der Waals surface area contributed by atoms with Gasteiger partial charge in [-0.25, -0.2) is 4.98 Å². The van der Waals surface area contributed by atoms with Gasteiger partial charge in [0.25, 0.3) is 0 Å². The zero-order valence-corrected chi connectivity index (χ0v) is 10.1. The molecule has 0 unspecified atom stereocenters. The van der Waals surface area contributed by atoms with E-state index in [4.69, 9.17) is 0 Å². The second-order valence-electron chi connectivity index (χ2n) is 4.59. The highest BCUT2D eigenvalue weighted by molar-refractivity contribution is 5.58. The maximum atomic E-state index is 9.19. The van der Waals surface area contributed by atoms with E-state index in [0.717, 1.165) is 22.6 Å². The van der Waals surface area contributed by atoms with Gasteiger partial charge in [-0.3, -0.25) is 0 Å². The Balaban J connectivity index is 2.42. The first kappa shape index (κ1) is 10.9. The second kappa shape index (κ2) is 4.13. The molecule has 2 rings (SSSR count). The molecule has 0 N–H and O–H groups in total. The smallest absolute Gasteiger partial charge is 0.147 e. The van der Waals surface area contributed by atoms with Crippen LogP contribution in [-0.4, -0.2) is 18.1 Å². The van der Waals surface area contributed by atoms with Gasteiger partial charge in [0, 0.05) is 18.8 Å². The third-order valence-electron chi connectivity index (χ3n) is 3.39. The SMILES string of the molecule is Cc1cc(C)c(C#N)c(N(C)C2CCC2)n1. The highest BCUT2D eigenvalue weighted by atomic mass is 15.2. The molecule has 3 nitrogen and oxygen atoms in total. The Morgan fingerprint density at radius 2 is 2.12 bits per heavy atom. The number of anilines is 1. The summed E-state index contributed by atoms with van der Waals surface area (Å²) in [6, 6.07) is 4.81. The van der Waals surface area contributed by atoms with Gasteiger partial charge in [0.05, 0.1) is 5.56 Å². The molecule has 0 aromatic carbocycles. The number of pyridine rings is 1. The van der Waals surface area contributed by atoms with Crippen molar-refractivity contribution in [1.82, 2.24) is 4.98 Å². The van der Waals surface area contributed by atoms with E-state index in [1.54, 1.807) is 0 Å². The summed E-state index contributed by atoms with van der Waals surface area (Å²) in [7, 11) is 2.05. The maximum absolute atomic E-state index is 9.19. The van der Waals surface area contributed by atoms with Gasteiger partial charge in [-0.2, -0.15) is 5.26 Å². The summed E-state index contributed by atoms with van der Waals surface area (Å²) < 4.78 is 0. The number of rotatable bonds is 2. The fourth-order valence-corrected chi connectivity index (χ4v) is 2.16. The molecule has 0 atom stereocenters. The zero-order chi connectivity index (χ0) is 11.7. The molecule has 0 spiro atoms. The molecule has 0 saturated heterocycles. The van der Waals surface area contributed by atoms with Crippen molar-refractivity contribution < 1.29 is 0 Å². The van der Waals surface area contributed by atoms with E-state index in [-0.39, 0.29) is 0 Å². The number of nitrogens with zero attached hydrogens (tertiary/aromatic N) is 3. The van der Waals surface area contributed by atoms with E-state index in [1.807, 2.05) is 27.0 Å². The lowest BCUT2D eigenvalue weighted by molar-refractivity contribution is 0.399. The number of aromatic nitrogens is 1. The van der Waals surface area contributed by atoms with Gasteiger partial charge in [-0.05, 0) is 44.7 Å². The molecular weight excluding hydrogens is 198 g/mol. The van der Waals surface area contributed by atoms with Crippen LogP contribution in [0.5, 0.6) is 0 Å². The monoisotopic (exact) mass is 215 g/mol. The van der Waals surface area contributed by atoms with Crippen molar-refractivity contribution in [2.24, 2.45) is 0 Å². The van der Waals surface area contributed by atoms with E-state index in [1.165, 1.54) is 19.3 Å². The predicted octanol–water partition coefficient (Wildman–Crippen LogP) is 2.56. The van der Waals surface area contributed by atoms with Crippen LogP contribution in [0.1, 0.15) is 36.1 Å². The highest BCUT2D eigenvalue weighted by Gasteiger charge is 2.25. The van der Waals surface area contributed by atoms with Gasteiger partial charge in [0.15, 0.2) is 0 Å². The molecule has 0 bridgehead atoms. The standard InChI is InChI=1S/C13H17N3/c1-9-7-10(2)15-13(12(9)8-14)16(3)11-5-4-6-11/h7,11H,4-6H2,1-3H3. The first-order valence-corrected chi connectivity index (χ1v) is 5.74. The number of hydrogen-bond donors (Lipinski definition) is 0. The van der Waals surface area contributed by atoms with Crippen LogP contribution in [0.15, 0.2) is 6.07 Å². The minimum atomic E-state index is 0.570. The van der Waals surface area contributed by atoms with Crippen LogP contribution in [0.2, 0.25) is 0 Å². The van der Waals surface area contributed by atoms with Crippen molar-refractivity contribution in [3.63, 3.8) is 0 Å². The third kappa shape index (κ3) is 1.76. The van der Waals surface area contributed by atoms with Gasteiger partial charge in [0.1, 0.15) is 11.9 Å². The topological polar surface area (TPSA) is 39.9 Å². The number of aryl methyl sites for hydroxylation is 2. The van der Waals surface area contributed by atoms with Crippen molar-refractivity contribution in [2.75, 3.05) is 11.9 Å². The van der Waals surface area contributed by atoms with Gasteiger partial charge in [-0.1, -0.05) is 0 Å². The molecule has 16 heavy (non-hydrogen) atoms. The summed E-state index contributed by atoms with van der Waals surface area (Å²) >= 11 is 0. The summed E-state index contributed by atoms with van der Waals surface area (Å²) in [6.45, 7) is 3.96. The number of hydrogen-bond acceptors (Lipinski definition) is 3. The van der Waals surface area contributed by atoms with Crippen LogP contribution in [0.25, 0.3) is 0 Å². The molecule has 1 heterocycles. The first-order chi connectivity index (χ1) is 7.63. The van der Waals surface area contributed by atoms with E-state index >= 15 is 0 Å². The molecule has 0 amide bonds. The van der Waals surface area contributed by atoms with Crippen LogP contribution in [0, 0.1) is 25.2 Å². The van der Waals surface area contributed by atoms with Gasteiger partial charge in [0.2, 0.25) is 0 Å². The fourth-order valence-electron chi connectivity index (χ4n) is 2.16. The molecule has 3 heteroatoms. The normalized spacial score (nSPS) is 15.4. The molecule has 1 fully saturated rings. The lowest BCUT2D eigenvalue weighted by Crippen LogP contribution is -2.38. The molecule has 1 aliphatic rings. The van der Waals surface area contributed by atoms with E-state index < -0.39 is 0 Å². The molecular formula is C13H17N3. The molecule has 0 radical (unpaired) electrons. The zero-order valence-electron chi connectivity index (χ0n) is 10.1. The summed E-state index contributed by atoms with van der Waals surface area (Å²) in [4.78, 5) is 6.68. The van der Waals surface area contributed by atoms with Crippen LogP contribution in [-0.2, 0) is 0 Å². The van der Waals surface area contributed by atoms with Crippen LogP contribution in [0.4, 0.5) is 5.82 Å². The summed E-state index contributed by atoms with van der Waals surface area (Å²) in [5.41, 5.74) is 2.73. The first-order valence-electron chi connectivity index (χ1n) is 5.74.